The van der Waals surface area contributed by atoms with Gasteiger partial charge in [-0.25, -0.2) is 9.97 Å². The Hall–Kier alpha value is -1.65. The molecule has 2 heterocycles. The molecule has 1 aromatic heterocycles. The van der Waals surface area contributed by atoms with Crippen LogP contribution >= 0.6 is 0 Å². The first kappa shape index (κ1) is 5.16. The van der Waals surface area contributed by atoms with E-state index in [1.165, 1.54) is 12.5 Å². The fourth-order valence-electron chi connectivity index (χ4n) is 0.700. The van der Waals surface area contributed by atoms with Crippen molar-refractivity contribution in [2.75, 3.05) is 0 Å². The van der Waals surface area contributed by atoms with Crippen LogP contribution in [0.1, 0.15) is 11.8 Å². The topological polar surface area (TPSA) is 67.6 Å². The molecule has 0 saturated carbocycles. The Morgan fingerprint density at radius 1 is 1.40 bits per heavy atom. The second-order valence-corrected chi connectivity index (χ2v) is 1.77. The van der Waals surface area contributed by atoms with Crippen LogP contribution in [0.25, 0.3) is 0 Å². The van der Waals surface area contributed by atoms with E-state index in [4.69, 9.17) is 0 Å². The number of rotatable bonds is 0. The number of azo groups is 1. The minimum absolute atomic E-state index is 0. The Kier molecular flexibility index (Phi) is 0.858. The number of aromatic nitrogens is 2. The molecule has 5 heteroatoms. The monoisotopic (exact) mass is 135 g/mol. The number of carbonyl (C=O) groups excluding carboxylic acids is 1. The van der Waals surface area contributed by atoms with Crippen LogP contribution in [0.5, 0.6) is 0 Å². The number of carbonyl (C=O) groups is 1. The number of hydrogen-bond acceptors (Lipinski definition) is 4. The molecule has 0 saturated heterocycles. The molecule has 2 rings (SSSR count). The SMILES string of the molecule is O=C1N=Nc2ncncc21.[H+]. The summed E-state index contributed by atoms with van der Waals surface area (Å²) in [4.78, 5) is 18.1. The Morgan fingerprint density at radius 3 is 3.10 bits per heavy atom. The van der Waals surface area contributed by atoms with Crippen molar-refractivity contribution in [3.05, 3.63) is 18.1 Å². The summed E-state index contributed by atoms with van der Waals surface area (Å²) in [6, 6.07) is 0. The lowest BCUT2D eigenvalue weighted by molar-refractivity contribution is 0.100. The van der Waals surface area contributed by atoms with E-state index in [1.807, 2.05) is 0 Å². The van der Waals surface area contributed by atoms with Crippen LogP contribution in [-0.2, 0) is 0 Å². The van der Waals surface area contributed by atoms with Gasteiger partial charge in [0.2, 0.25) is 0 Å². The molecule has 1 amide bonds. The average Bonchev–Trinajstić information content (AvgIpc) is 2.34. The predicted molar refractivity (Wildman–Crippen MR) is 32.0 cm³/mol. The molecular weight excluding hydrogens is 132 g/mol. The van der Waals surface area contributed by atoms with Gasteiger partial charge in [-0.15, -0.1) is 10.2 Å². The summed E-state index contributed by atoms with van der Waals surface area (Å²) >= 11 is 0. The van der Waals surface area contributed by atoms with Gasteiger partial charge in [-0.2, -0.15) is 0 Å². The van der Waals surface area contributed by atoms with Gasteiger partial charge in [0.1, 0.15) is 11.9 Å². The predicted octanol–water partition coefficient (Wildman–Crippen LogP) is 0.827. The summed E-state index contributed by atoms with van der Waals surface area (Å²) in [5, 5.41) is 6.79. The van der Waals surface area contributed by atoms with Gasteiger partial charge in [0.15, 0.2) is 5.82 Å². The van der Waals surface area contributed by atoms with Crippen molar-refractivity contribution < 1.29 is 6.22 Å². The maximum absolute atomic E-state index is 10.7. The quantitative estimate of drug-likeness (QED) is 0.529. The fourth-order valence-corrected chi connectivity index (χ4v) is 0.700. The molecule has 0 fully saturated rings. The maximum Gasteiger partial charge on any atom is 1.00 e. The highest BCUT2D eigenvalue weighted by Gasteiger charge is 2.17. The van der Waals surface area contributed by atoms with E-state index < -0.39 is 0 Å². The van der Waals surface area contributed by atoms with Crippen molar-refractivity contribution in [1.29, 1.82) is 0 Å². The molecule has 0 aliphatic carbocycles. The first-order chi connectivity index (χ1) is 4.88. The largest absolute Gasteiger partial charge is 1.00 e. The first-order valence-electron chi connectivity index (χ1n) is 2.64. The zero-order valence-corrected chi connectivity index (χ0v) is 4.85. The van der Waals surface area contributed by atoms with Crippen LogP contribution < -0.4 is 0 Å². The second kappa shape index (κ2) is 1.66. The Labute approximate surface area is 57.3 Å². The molecule has 0 aromatic carbocycles. The van der Waals surface area contributed by atoms with Crippen LogP contribution in [0.4, 0.5) is 5.82 Å². The van der Waals surface area contributed by atoms with Crippen molar-refractivity contribution in [3.8, 4) is 0 Å². The maximum atomic E-state index is 10.7. The fraction of sp³-hybridized carbons (Fsp3) is 0. The van der Waals surface area contributed by atoms with E-state index in [-0.39, 0.29) is 7.33 Å². The van der Waals surface area contributed by atoms with Gasteiger partial charge in [-0.05, 0) is 0 Å². The normalized spacial score (nSPS) is 13.8. The molecule has 48 valence electrons. The smallest absolute Gasteiger partial charge is 0.265 e. The van der Waals surface area contributed by atoms with Gasteiger partial charge in [-0.3, -0.25) is 4.79 Å². The van der Waals surface area contributed by atoms with Crippen molar-refractivity contribution in [2.24, 2.45) is 10.2 Å². The lowest BCUT2D eigenvalue weighted by Crippen LogP contribution is -1.90. The third kappa shape index (κ3) is 0.540. The van der Waals surface area contributed by atoms with Crippen molar-refractivity contribution in [1.82, 2.24) is 9.97 Å². The van der Waals surface area contributed by atoms with Crippen molar-refractivity contribution >= 4 is 11.7 Å². The van der Waals surface area contributed by atoms with E-state index in [2.05, 4.69) is 20.2 Å². The van der Waals surface area contributed by atoms with Gasteiger partial charge in [0.25, 0.3) is 0 Å². The molecule has 0 radical (unpaired) electrons. The van der Waals surface area contributed by atoms with E-state index in [1.54, 1.807) is 0 Å². The van der Waals surface area contributed by atoms with Crippen LogP contribution in [0.2, 0.25) is 0 Å². The lowest BCUT2D eigenvalue weighted by Gasteiger charge is -1.86. The average molecular weight is 135 g/mol. The summed E-state index contributed by atoms with van der Waals surface area (Å²) in [7, 11) is 0. The third-order valence-electron chi connectivity index (χ3n) is 1.16. The van der Waals surface area contributed by atoms with Crippen LogP contribution in [0.3, 0.4) is 0 Å². The molecule has 0 bridgehead atoms. The molecule has 0 unspecified atom stereocenters. The highest BCUT2D eigenvalue weighted by atomic mass is 16.2. The van der Waals surface area contributed by atoms with Gasteiger partial charge in [0, 0.05) is 6.20 Å². The zero-order valence-electron chi connectivity index (χ0n) is 5.85. The van der Waals surface area contributed by atoms with Gasteiger partial charge >= 0.3 is 7.33 Å². The molecule has 10 heavy (non-hydrogen) atoms. The van der Waals surface area contributed by atoms with E-state index in [0.717, 1.165) is 0 Å². The molecular formula is C5H3N4O+. The van der Waals surface area contributed by atoms with Crippen LogP contribution in [0.15, 0.2) is 22.8 Å². The van der Waals surface area contributed by atoms with Gasteiger partial charge in [0.05, 0.1) is 0 Å². The molecule has 1 aliphatic heterocycles. The van der Waals surface area contributed by atoms with Crippen molar-refractivity contribution in [2.45, 2.75) is 0 Å². The standard InChI is InChI=1S/C5H2N4O/c10-5-3-1-6-2-7-4(3)8-9-5/h1-2H/p+1. The number of fused-ring (bicyclic) bond motifs is 1. The Morgan fingerprint density at radius 2 is 2.30 bits per heavy atom. The summed E-state index contributed by atoms with van der Waals surface area (Å²) in [6.45, 7) is 0. The minimum atomic E-state index is -0.365. The Balaban J connectivity index is 0.000000605. The van der Waals surface area contributed by atoms with E-state index in [9.17, 15) is 4.79 Å². The number of amides is 1. The number of hydrogen-bond donors (Lipinski definition) is 0. The van der Waals surface area contributed by atoms with Gasteiger partial charge in [-0.1, -0.05) is 0 Å². The molecule has 1 aliphatic rings. The minimum Gasteiger partial charge on any atom is -0.265 e. The van der Waals surface area contributed by atoms with Crippen molar-refractivity contribution in [3.63, 3.8) is 0 Å². The van der Waals surface area contributed by atoms with Crippen LogP contribution in [-0.4, -0.2) is 15.9 Å². The molecule has 0 atom stereocenters. The molecule has 1 aromatic rings. The number of nitrogens with zero attached hydrogens (tertiary/aromatic N) is 4. The van der Waals surface area contributed by atoms with Crippen LogP contribution in [0, 0.1) is 0 Å². The lowest BCUT2D eigenvalue weighted by atomic mass is 10.3. The third-order valence-corrected chi connectivity index (χ3v) is 1.16. The second-order valence-electron chi connectivity index (χ2n) is 1.77. The summed E-state index contributed by atoms with van der Waals surface area (Å²) in [6.07, 6.45) is 2.74. The highest BCUT2D eigenvalue weighted by molar-refractivity contribution is 6.00. The first-order valence-corrected chi connectivity index (χ1v) is 2.64. The van der Waals surface area contributed by atoms with E-state index in [0.29, 0.717) is 11.4 Å². The van der Waals surface area contributed by atoms with Gasteiger partial charge < -0.3 is 0 Å². The zero-order chi connectivity index (χ0) is 6.97. The molecule has 5 nitrogen and oxygen atoms in total. The Bertz CT molecular complexity index is 324. The summed E-state index contributed by atoms with van der Waals surface area (Å²) in [5.74, 6) is -0.00407. The highest BCUT2D eigenvalue weighted by Crippen LogP contribution is 2.21. The molecule has 0 spiro atoms. The molecule has 0 N–H and O–H groups in total. The summed E-state index contributed by atoms with van der Waals surface area (Å²) in [5.41, 5.74) is 0.377. The summed E-state index contributed by atoms with van der Waals surface area (Å²) < 4.78 is 0. The van der Waals surface area contributed by atoms with E-state index >= 15 is 0 Å².